The largest absolute Gasteiger partial charge is 0.383 e. The van der Waals surface area contributed by atoms with Gasteiger partial charge in [-0.2, -0.15) is 0 Å². The molecule has 0 radical (unpaired) electrons. The second kappa shape index (κ2) is 8.15. The Morgan fingerprint density at radius 3 is 2.83 bits per heavy atom. The summed E-state index contributed by atoms with van der Waals surface area (Å²) in [4.78, 5) is 12.1. The minimum atomic E-state index is -0.143. The monoisotopic (exact) mass is 397 g/mol. The Labute approximate surface area is 128 Å². The van der Waals surface area contributed by atoms with Crippen molar-refractivity contribution in [3.8, 4) is 0 Å². The van der Waals surface area contributed by atoms with Crippen LogP contribution in [0.1, 0.15) is 16.8 Å². The number of hydrogen-bond donors (Lipinski definition) is 1. The fraction of sp³-hybridized carbons (Fsp3) is 0.417. The van der Waals surface area contributed by atoms with Gasteiger partial charge in [0.1, 0.15) is 0 Å². The Bertz CT molecular complexity index is 409. The third kappa shape index (κ3) is 4.88. The number of nitrogens with one attached hydrogen (secondary N) is 1. The van der Waals surface area contributed by atoms with Crippen molar-refractivity contribution in [3.63, 3.8) is 0 Å². The number of amides is 1. The van der Waals surface area contributed by atoms with Gasteiger partial charge in [0, 0.05) is 21.9 Å². The van der Waals surface area contributed by atoms with Gasteiger partial charge < -0.3 is 10.1 Å². The number of alkyl halides is 1. The molecule has 0 fully saturated rings. The lowest BCUT2D eigenvalue weighted by Gasteiger charge is -2.17. The first-order valence-corrected chi connectivity index (χ1v) is 7.51. The highest BCUT2D eigenvalue weighted by molar-refractivity contribution is 9.11. The summed E-state index contributed by atoms with van der Waals surface area (Å²) in [5.74, 6) is 0.337. The average molecular weight is 400 g/mol. The van der Waals surface area contributed by atoms with Gasteiger partial charge in [0.25, 0.3) is 5.91 Å². The lowest BCUT2D eigenvalue weighted by molar-refractivity contribution is 0.0894. The van der Waals surface area contributed by atoms with Crippen molar-refractivity contribution in [2.24, 2.45) is 0 Å². The Morgan fingerprint density at radius 1 is 1.50 bits per heavy atom. The van der Waals surface area contributed by atoms with Gasteiger partial charge in [-0.15, -0.1) is 11.6 Å². The van der Waals surface area contributed by atoms with Crippen LogP contribution in [0.3, 0.4) is 0 Å². The molecule has 1 amide bonds. The first-order chi connectivity index (χ1) is 8.58. The second-order valence-corrected chi connectivity index (χ2v) is 5.88. The molecule has 1 unspecified atom stereocenters. The van der Waals surface area contributed by atoms with E-state index in [-0.39, 0.29) is 11.9 Å². The third-order valence-electron chi connectivity index (χ3n) is 2.33. The molecule has 0 spiro atoms. The van der Waals surface area contributed by atoms with Crippen LogP contribution >= 0.6 is 43.5 Å². The van der Waals surface area contributed by atoms with E-state index >= 15 is 0 Å². The highest BCUT2D eigenvalue weighted by atomic mass is 79.9. The van der Waals surface area contributed by atoms with E-state index in [0.717, 1.165) is 8.95 Å². The van der Waals surface area contributed by atoms with Crippen LogP contribution in [0.25, 0.3) is 0 Å². The van der Waals surface area contributed by atoms with Gasteiger partial charge in [-0.25, -0.2) is 0 Å². The number of methoxy groups -OCH3 is 1. The molecule has 0 aliphatic rings. The van der Waals surface area contributed by atoms with Crippen LogP contribution in [-0.2, 0) is 4.74 Å². The number of benzene rings is 1. The molecule has 1 aromatic carbocycles. The normalized spacial score (nSPS) is 12.2. The minimum absolute atomic E-state index is 0.0779. The third-order valence-corrected chi connectivity index (χ3v) is 3.74. The number of hydrogen-bond acceptors (Lipinski definition) is 2. The summed E-state index contributed by atoms with van der Waals surface area (Å²) in [7, 11) is 1.60. The van der Waals surface area contributed by atoms with Crippen LogP contribution in [0, 0.1) is 0 Å². The van der Waals surface area contributed by atoms with Crippen molar-refractivity contribution in [2.45, 2.75) is 12.5 Å². The molecule has 0 aromatic heterocycles. The van der Waals surface area contributed by atoms with Gasteiger partial charge in [-0.3, -0.25) is 4.79 Å². The van der Waals surface area contributed by atoms with Crippen molar-refractivity contribution >= 4 is 49.4 Å². The van der Waals surface area contributed by atoms with Crippen molar-refractivity contribution in [3.05, 3.63) is 32.7 Å². The molecular weight excluding hydrogens is 385 g/mol. The molecule has 1 N–H and O–H groups in total. The van der Waals surface area contributed by atoms with Crippen molar-refractivity contribution in [1.29, 1.82) is 0 Å². The highest BCUT2D eigenvalue weighted by Crippen LogP contribution is 2.21. The molecular formula is C12H14Br2ClNO2. The molecule has 1 atom stereocenters. The van der Waals surface area contributed by atoms with Crippen molar-refractivity contribution in [1.82, 2.24) is 5.32 Å². The first-order valence-electron chi connectivity index (χ1n) is 5.39. The number of rotatable bonds is 6. The maximum Gasteiger partial charge on any atom is 0.252 e. The minimum Gasteiger partial charge on any atom is -0.383 e. The zero-order valence-corrected chi connectivity index (χ0v) is 13.8. The fourth-order valence-corrected chi connectivity index (χ4v) is 2.52. The van der Waals surface area contributed by atoms with Gasteiger partial charge in [-0.1, -0.05) is 15.9 Å². The molecule has 100 valence electrons. The molecule has 0 aliphatic heterocycles. The zero-order chi connectivity index (χ0) is 13.5. The van der Waals surface area contributed by atoms with E-state index in [4.69, 9.17) is 16.3 Å². The summed E-state index contributed by atoms with van der Waals surface area (Å²) in [5.41, 5.74) is 0.583. The van der Waals surface area contributed by atoms with Crippen LogP contribution in [0.4, 0.5) is 0 Å². The molecule has 0 bridgehead atoms. The Morgan fingerprint density at radius 2 is 2.22 bits per heavy atom. The predicted molar refractivity (Wildman–Crippen MR) is 80.3 cm³/mol. The first kappa shape index (κ1) is 16.0. The lowest BCUT2D eigenvalue weighted by atomic mass is 10.2. The molecule has 3 nitrogen and oxygen atoms in total. The molecule has 0 aliphatic carbocycles. The SMILES string of the molecule is COCC(CCCl)NC(=O)c1cc(Br)ccc1Br. The molecule has 18 heavy (non-hydrogen) atoms. The Hall–Kier alpha value is -0.100. The smallest absolute Gasteiger partial charge is 0.252 e. The van der Waals surface area contributed by atoms with Crippen molar-refractivity contribution in [2.75, 3.05) is 19.6 Å². The van der Waals surface area contributed by atoms with E-state index in [1.807, 2.05) is 12.1 Å². The molecule has 1 rings (SSSR count). The maximum absolute atomic E-state index is 12.1. The number of ether oxygens (including phenoxy) is 1. The van der Waals surface area contributed by atoms with Gasteiger partial charge in [0.05, 0.1) is 18.2 Å². The molecule has 1 aromatic rings. The zero-order valence-electron chi connectivity index (χ0n) is 9.88. The number of carbonyl (C=O) groups excluding carboxylic acids is 1. The van der Waals surface area contributed by atoms with Gasteiger partial charge in [-0.05, 0) is 40.5 Å². The van der Waals surface area contributed by atoms with Crippen LogP contribution in [-0.4, -0.2) is 31.5 Å². The van der Waals surface area contributed by atoms with Gasteiger partial charge in [0.15, 0.2) is 0 Å². The van der Waals surface area contributed by atoms with Gasteiger partial charge in [0.2, 0.25) is 0 Å². The summed E-state index contributed by atoms with van der Waals surface area (Å²) in [6.07, 6.45) is 0.673. The summed E-state index contributed by atoms with van der Waals surface area (Å²) >= 11 is 12.4. The van der Waals surface area contributed by atoms with E-state index in [2.05, 4.69) is 37.2 Å². The van der Waals surface area contributed by atoms with Crippen LogP contribution < -0.4 is 5.32 Å². The topological polar surface area (TPSA) is 38.3 Å². The summed E-state index contributed by atoms with van der Waals surface area (Å²) < 4.78 is 6.67. The summed E-state index contributed by atoms with van der Waals surface area (Å²) in [6, 6.07) is 5.38. The van der Waals surface area contributed by atoms with E-state index in [1.54, 1.807) is 13.2 Å². The lowest BCUT2D eigenvalue weighted by Crippen LogP contribution is -2.38. The van der Waals surface area contributed by atoms with E-state index in [9.17, 15) is 4.79 Å². The van der Waals surface area contributed by atoms with Crippen molar-refractivity contribution < 1.29 is 9.53 Å². The fourth-order valence-electron chi connectivity index (χ4n) is 1.46. The molecule has 0 saturated heterocycles. The number of halogens is 3. The Kier molecular flexibility index (Phi) is 7.22. The summed E-state index contributed by atoms with van der Waals surface area (Å²) in [5, 5.41) is 2.90. The van der Waals surface area contributed by atoms with Gasteiger partial charge >= 0.3 is 0 Å². The van der Waals surface area contributed by atoms with Crippen LogP contribution in [0.5, 0.6) is 0 Å². The predicted octanol–water partition coefficient (Wildman–Crippen LogP) is 3.59. The maximum atomic E-state index is 12.1. The standard InChI is InChI=1S/C12H14Br2ClNO2/c1-18-7-9(4-5-15)16-12(17)10-6-8(13)2-3-11(10)14/h2-3,6,9H,4-5,7H2,1H3,(H,16,17). The summed E-state index contributed by atoms with van der Waals surface area (Å²) in [6.45, 7) is 0.448. The van der Waals surface area contributed by atoms with E-state index < -0.39 is 0 Å². The molecule has 0 saturated carbocycles. The second-order valence-electron chi connectivity index (χ2n) is 3.73. The number of carbonyl (C=O) groups is 1. The van der Waals surface area contributed by atoms with E-state index in [0.29, 0.717) is 24.5 Å². The Balaban J connectivity index is 2.76. The molecule has 0 heterocycles. The quantitative estimate of drug-likeness (QED) is 0.743. The van der Waals surface area contributed by atoms with Crippen LogP contribution in [0.15, 0.2) is 27.1 Å². The highest BCUT2D eigenvalue weighted by Gasteiger charge is 2.15. The van der Waals surface area contributed by atoms with E-state index in [1.165, 1.54) is 0 Å². The van der Waals surface area contributed by atoms with Crippen LogP contribution in [0.2, 0.25) is 0 Å². The average Bonchev–Trinajstić information content (AvgIpc) is 2.33. The molecule has 6 heteroatoms.